The fourth-order valence-corrected chi connectivity index (χ4v) is 1.06. The van der Waals surface area contributed by atoms with Crippen molar-refractivity contribution in [2.45, 2.75) is 18.8 Å². The van der Waals surface area contributed by atoms with Crippen LogP contribution in [0, 0.1) is 0 Å². The first kappa shape index (κ1) is 13.0. The summed E-state index contributed by atoms with van der Waals surface area (Å²) in [6, 6.07) is 0. The largest absolute Gasteiger partial charge is 0.478 e. The quantitative estimate of drug-likeness (QED) is 0.362. The van der Waals surface area contributed by atoms with E-state index >= 15 is 0 Å². The van der Waals surface area contributed by atoms with Gasteiger partial charge in [-0.15, -0.1) is 12.6 Å². The molecule has 80 valence electrons. The monoisotopic (exact) mass is 220 g/mol. The van der Waals surface area contributed by atoms with Gasteiger partial charge < -0.3 is 14.9 Å². The Morgan fingerprint density at radius 1 is 1.50 bits per heavy atom. The standard InChI is InChI=1S/C8H12O5S/c1-3-13-8(14,7(11)12)4-5(2)6(9)10/h4,14H,3H2,1-2H3,(H,9,10)(H,11,12). The lowest BCUT2D eigenvalue weighted by atomic mass is 10.2. The van der Waals surface area contributed by atoms with Crippen molar-refractivity contribution >= 4 is 24.6 Å². The number of ether oxygens (including phenoxy) is 1. The number of carboxylic acid groups (broad SMARTS) is 2. The molecular formula is C8H12O5S. The summed E-state index contributed by atoms with van der Waals surface area (Å²) in [5, 5.41) is 17.3. The maximum atomic E-state index is 10.7. The van der Waals surface area contributed by atoms with Crippen molar-refractivity contribution in [2.75, 3.05) is 6.61 Å². The van der Waals surface area contributed by atoms with E-state index in [1.54, 1.807) is 6.92 Å². The lowest BCUT2D eigenvalue weighted by molar-refractivity contribution is -0.149. The Balaban J connectivity index is 4.94. The Kier molecular flexibility index (Phi) is 4.65. The molecule has 14 heavy (non-hydrogen) atoms. The van der Waals surface area contributed by atoms with Gasteiger partial charge in [0.25, 0.3) is 0 Å². The Bertz CT molecular complexity index is 273. The molecule has 0 amide bonds. The molecule has 6 heteroatoms. The van der Waals surface area contributed by atoms with Gasteiger partial charge >= 0.3 is 11.9 Å². The molecule has 1 unspecified atom stereocenters. The Morgan fingerprint density at radius 3 is 2.29 bits per heavy atom. The second-order valence-corrected chi connectivity index (χ2v) is 3.23. The molecular weight excluding hydrogens is 208 g/mol. The molecule has 0 aromatic rings. The number of hydrogen-bond donors (Lipinski definition) is 3. The van der Waals surface area contributed by atoms with Gasteiger partial charge in [0.2, 0.25) is 4.93 Å². The molecule has 0 saturated heterocycles. The van der Waals surface area contributed by atoms with Crippen molar-refractivity contribution < 1.29 is 24.5 Å². The molecule has 1 atom stereocenters. The zero-order valence-electron chi connectivity index (χ0n) is 7.85. The van der Waals surface area contributed by atoms with Crippen molar-refractivity contribution in [1.82, 2.24) is 0 Å². The molecule has 0 aliphatic carbocycles. The third kappa shape index (κ3) is 3.39. The highest BCUT2D eigenvalue weighted by Crippen LogP contribution is 2.20. The van der Waals surface area contributed by atoms with Crippen LogP contribution >= 0.6 is 12.6 Å². The molecule has 0 radical (unpaired) electrons. The van der Waals surface area contributed by atoms with Crippen LogP contribution in [0.1, 0.15) is 13.8 Å². The second kappa shape index (κ2) is 5.02. The van der Waals surface area contributed by atoms with Gasteiger partial charge in [-0.25, -0.2) is 9.59 Å². The third-order valence-electron chi connectivity index (χ3n) is 1.42. The van der Waals surface area contributed by atoms with Crippen molar-refractivity contribution in [3.63, 3.8) is 0 Å². The third-order valence-corrected chi connectivity index (χ3v) is 1.87. The Hall–Kier alpha value is -1.01. The summed E-state index contributed by atoms with van der Waals surface area (Å²) in [4.78, 5) is 19.3. The molecule has 0 aliphatic rings. The van der Waals surface area contributed by atoms with Gasteiger partial charge in [0.05, 0.1) is 0 Å². The van der Waals surface area contributed by atoms with Crippen LogP contribution in [0.5, 0.6) is 0 Å². The fraction of sp³-hybridized carbons (Fsp3) is 0.500. The maximum Gasteiger partial charge on any atom is 0.350 e. The number of thiol groups is 1. The van der Waals surface area contributed by atoms with Crippen LogP contribution in [0.15, 0.2) is 11.6 Å². The number of hydrogen-bond acceptors (Lipinski definition) is 4. The molecule has 0 spiro atoms. The minimum absolute atomic E-state index is 0.124. The van der Waals surface area contributed by atoms with E-state index < -0.39 is 16.9 Å². The lowest BCUT2D eigenvalue weighted by Crippen LogP contribution is -2.34. The summed E-state index contributed by atoms with van der Waals surface area (Å²) >= 11 is 3.77. The highest BCUT2D eigenvalue weighted by atomic mass is 32.1. The SMILES string of the molecule is CCOC(S)(C=C(C)C(=O)O)C(=O)O. The zero-order chi connectivity index (χ0) is 11.4. The highest BCUT2D eigenvalue weighted by Gasteiger charge is 2.33. The van der Waals surface area contributed by atoms with E-state index in [-0.39, 0.29) is 12.2 Å². The summed E-state index contributed by atoms with van der Waals surface area (Å²) < 4.78 is 4.84. The Morgan fingerprint density at radius 2 is 2.00 bits per heavy atom. The molecule has 0 fully saturated rings. The molecule has 0 saturated carbocycles. The van der Waals surface area contributed by atoms with Crippen LogP contribution < -0.4 is 0 Å². The van der Waals surface area contributed by atoms with E-state index in [0.29, 0.717) is 0 Å². The van der Waals surface area contributed by atoms with Crippen LogP contribution in [0.4, 0.5) is 0 Å². The normalized spacial score (nSPS) is 16.1. The van der Waals surface area contributed by atoms with Crippen molar-refractivity contribution in [1.29, 1.82) is 0 Å². The first-order valence-corrected chi connectivity index (χ1v) is 4.30. The highest BCUT2D eigenvalue weighted by molar-refractivity contribution is 7.82. The molecule has 2 N–H and O–H groups in total. The summed E-state index contributed by atoms with van der Waals surface area (Å²) in [6.07, 6.45) is 0.949. The number of aliphatic carboxylic acids is 2. The minimum atomic E-state index is -1.88. The summed E-state index contributed by atoms with van der Waals surface area (Å²) in [6.45, 7) is 2.99. The van der Waals surface area contributed by atoms with Crippen molar-refractivity contribution in [2.24, 2.45) is 0 Å². The van der Waals surface area contributed by atoms with E-state index in [1.807, 2.05) is 0 Å². The van der Waals surface area contributed by atoms with Crippen molar-refractivity contribution in [3.8, 4) is 0 Å². The first-order chi connectivity index (χ1) is 6.33. The van der Waals surface area contributed by atoms with Crippen molar-refractivity contribution in [3.05, 3.63) is 11.6 Å². The average Bonchev–Trinajstić information content (AvgIpc) is 2.03. The van der Waals surface area contributed by atoms with E-state index in [4.69, 9.17) is 14.9 Å². The fourth-order valence-electron chi connectivity index (χ4n) is 0.740. The second-order valence-electron chi connectivity index (χ2n) is 2.57. The van der Waals surface area contributed by atoms with Gasteiger partial charge in [-0.3, -0.25) is 0 Å². The zero-order valence-corrected chi connectivity index (χ0v) is 8.75. The minimum Gasteiger partial charge on any atom is -0.478 e. The molecule has 0 aromatic carbocycles. The predicted octanol–water partition coefficient (Wildman–Crippen LogP) is 0.764. The number of carbonyl (C=O) groups is 2. The van der Waals surface area contributed by atoms with E-state index in [1.165, 1.54) is 6.92 Å². The Labute approximate surface area is 86.8 Å². The molecule has 0 bridgehead atoms. The van der Waals surface area contributed by atoms with Crippen LogP contribution in [0.3, 0.4) is 0 Å². The summed E-state index contributed by atoms with van der Waals surface area (Å²) in [7, 11) is 0. The number of rotatable bonds is 5. The molecule has 0 aromatic heterocycles. The van der Waals surface area contributed by atoms with E-state index in [9.17, 15) is 9.59 Å². The van der Waals surface area contributed by atoms with Gasteiger partial charge in [-0.05, 0) is 19.9 Å². The van der Waals surface area contributed by atoms with Gasteiger partial charge in [-0.1, -0.05) is 0 Å². The predicted molar refractivity (Wildman–Crippen MR) is 52.4 cm³/mol. The van der Waals surface area contributed by atoms with Crippen LogP contribution in [-0.4, -0.2) is 33.7 Å². The average molecular weight is 220 g/mol. The van der Waals surface area contributed by atoms with Gasteiger partial charge in [0, 0.05) is 12.2 Å². The van der Waals surface area contributed by atoms with Gasteiger partial charge in [0.1, 0.15) is 0 Å². The van der Waals surface area contributed by atoms with Crippen LogP contribution in [0.2, 0.25) is 0 Å². The topological polar surface area (TPSA) is 83.8 Å². The van der Waals surface area contributed by atoms with E-state index in [2.05, 4.69) is 12.6 Å². The maximum absolute atomic E-state index is 10.7. The summed E-state index contributed by atoms with van der Waals surface area (Å²) in [5.41, 5.74) is -0.129. The van der Waals surface area contributed by atoms with Gasteiger partial charge in [-0.2, -0.15) is 0 Å². The molecule has 0 heterocycles. The number of carboxylic acids is 2. The van der Waals surface area contributed by atoms with E-state index in [0.717, 1.165) is 6.08 Å². The molecule has 0 aliphatic heterocycles. The lowest BCUT2D eigenvalue weighted by Gasteiger charge is -2.19. The van der Waals surface area contributed by atoms with Gasteiger partial charge in [0.15, 0.2) is 0 Å². The van der Waals surface area contributed by atoms with Crippen LogP contribution in [0.25, 0.3) is 0 Å². The summed E-state index contributed by atoms with van der Waals surface area (Å²) in [5.74, 6) is -2.55. The molecule has 5 nitrogen and oxygen atoms in total. The van der Waals surface area contributed by atoms with Crippen LogP contribution in [-0.2, 0) is 14.3 Å². The molecule has 0 rings (SSSR count). The smallest absolute Gasteiger partial charge is 0.350 e. The first-order valence-electron chi connectivity index (χ1n) is 3.86.